The molecule has 0 saturated carbocycles. The van der Waals surface area contributed by atoms with E-state index in [2.05, 4.69) is 4.98 Å². The van der Waals surface area contributed by atoms with E-state index in [1.807, 2.05) is 36.4 Å². The van der Waals surface area contributed by atoms with Gasteiger partial charge in [-0.15, -0.1) is 0 Å². The van der Waals surface area contributed by atoms with Gasteiger partial charge in [-0.2, -0.15) is 10.5 Å². The van der Waals surface area contributed by atoms with Crippen LogP contribution in [0, 0.1) is 22.7 Å². The molecule has 3 rings (SSSR count). The van der Waals surface area contributed by atoms with Crippen LogP contribution in [0.2, 0.25) is 0 Å². The Kier molecular flexibility index (Phi) is 6.27. The number of ether oxygens (including phenoxy) is 2. The average molecular weight is 416 g/mol. The summed E-state index contributed by atoms with van der Waals surface area (Å²) in [6.07, 6.45) is 0. The van der Waals surface area contributed by atoms with Crippen LogP contribution in [0.25, 0.3) is 11.1 Å². The number of nitrogens with two attached hydrogens (primary N) is 1. The lowest BCUT2D eigenvalue weighted by molar-refractivity contribution is 0.285. The van der Waals surface area contributed by atoms with Gasteiger partial charge in [0.25, 0.3) is 5.56 Å². The van der Waals surface area contributed by atoms with Gasteiger partial charge in [0.05, 0.1) is 7.11 Å². The third-order valence-electron chi connectivity index (χ3n) is 4.56. The predicted octanol–water partition coefficient (Wildman–Crippen LogP) is 0.635. The predicted molar refractivity (Wildman–Crippen MR) is 113 cm³/mol. The van der Waals surface area contributed by atoms with Gasteiger partial charge < -0.3 is 30.2 Å². The first-order valence-corrected chi connectivity index (χ1v) is 9.02. The number of pyridine rings is 1. The van der Waals surface area contributed by atoms with Gasteiger partial charge in [0.15, 0.2) is 11.5 Å². The van der Waals surface area contributed by atoms with Crippen LogP contribution < -0.4 is 26.2 Å². The molecule has 10 heteroatoms. The zero-order chi connectivity index (χ0) is 22.5. The number of H-pyrrole nitrogens is 1. The van der Waals surface area contributed by atoms with E-state index in [-0.39, 0.29) is 51.6 Å². The van der Waals surface area contributed by atoms with Crippen LogP contribution in [-0.2, 0) is 6.61 Å². The minimum atomic E-state index is -1.96. The Morgan fingerprint density at radius 2 is 1.81 bits per heavy atom. The second kappa shape index (κ2) is 9.05. The molecule has 1 heterocycles. The largest absolute Gasteiger partial charge is 0.493 e. The van der Waals surface area contributed by atoms with E-state index in [0.717, 1.165) is 5.56 Å². The number of anilines is 1. The molecular formula is C21H17BN4O5. The highest BCUT2D eigenvalue weighted by molar-refractivity contribution is 6.60. The molecule has 0 spiro atoms. The summed E-state index contributed by atoms with van der Waals surface area (Å²) in [6.45, 7) is 0.126. The molecule has 0 unspecified atom stereocenters. The highest BCUT2D eigenvalue weighted by Crippen LogP contribution is 2.35. The van der Waals surface area contributed by atoms with E-state index >= 15 is 0 Å². The van der Waals surface area contributed by atoms with E-state index in [4.69, 9.17) is 15.2 Å². The Bertz CT molecular complexity index is 1260. The van der Waals surface area contributed by atoms with Gasteiger partial charge in [-0.1, -0.05) is 36.4 Å². The summed E-state index contributed by atoms with van der Waals surface area (Å²) < 4.78 is 11.2. The molecule has 154 valence electrons. The molecule has 2 aromatic carbocycles. The quantitative estimate of drug-likeness (QED) is 0.425. The van der Waals surface area contributed by atoms with Crippen molar-refractivity contribution < 1.29 is 19.5 Å². The molecule has 9 nitrogen and oxygen atoms in total. The Morgan fingerprint density at radius 3 is 2.39 bits per heavy atom. The van der Waals surface area contributed by atoms with Crippen LogP contribution in [0.5, 0.6) is 11.5 Å². The topological polar surface area (TPSA) is 165 Å². The number of aromatic nitrogens is 1. The normalized spacial score (nSPS) is 10.1. The van der Waals surface area contributed by atoms with E-state index in [1.165, 1.54) is 19.2 Å². The fourth-order valence-electron chi connectivity index (χ4n) is 3.13. The number of hydrogen-bond donors (Lipinski definition) is 4. The van der Waals surface area contributed by atoms with E-state index < -0.39 is 12.7 Å². The van der Waals surface area contributed by atoms with Crippen molar-refractivity contribution in [3.8, 4) is 34.8 Å². The lowest BCUT2D eigenvalue weighted by Gasteiger charge is -2.18. The van der Waals surface area contributed by atoms with Crippen LogP contribution in [0.15, 0.2) is 47.3 Å². The van der Waals surface area contributed by atoms with Crippen LogP contribution in [-0.4, -0.2) is 29.3 Å². The van der Waals surface area contributed by atoms with Gasteiger partial charge >= 0.3 is 7.12 Å². The van der Waals surface area contributed by atoms with Crippen LogP contribution in [0.4, 0.5) is 5.82 Å². The van der Waals surface area contributed by atoms with Gasteiger partial charge in [0.1, 0.15) is 35.7 Å². The second-order valence-corrected chi connectivity index (χ2v) is 6.46. The number of nitrogens with zero attached hydrogens (tertiary/aromatic N) is 2. The Hall–Kier alpha value is -4.25. The number of nitrogen functional groups attached to an aromatic ring is 1. The second-order valence-electron chi connectivity index (χ2n) is 6.46. The summed E-state index contributed by atoms with van der Waals surface area (Å²) in [5.74, 6) is -0.0286. The highest BCUT2D eigenvalue weighted by atomic mass is 16.5. The van der Waals surface area contributed by atoms with Crippen molar-refractivity contribution >= 4 is 18.4 Å². The molecule has 0 aliphatic rings. The molecule has 0 aliphatic heterocycles. The maximum Gasteiger partial charge on any atom is 0.492 e. The molecule has 0 aliphatic carbocycles. The Labute approximate surface area is 177 Å². The monoisotopic (exact) mass is 416 g/mol. The number of hydrogen-bond acceptors (Lipinski definition) is 8. The summed E-state index contributed by atoms with van der Waals surface area (Å²) >= 11 is 0. The first-order chi connectivity index (χ1) is 14.9. The molecular weight excluding hydrogens is 399 g/mol. The average Bonchev–Trinajstić information content (AvgIpc) is 2.77. The van der Waals surface area contributed by atoms with Gasteiger partial charge in [-0.05, 0) is 17.2 Å². The Morgan fingerprint density at radius 1 is 1.13 bits per heavy atom. The van der Waals surface area contributed by atoms with E-state index in [9.17, 15) is 25.4 Å². The van der Waals surface area contributed by atoms with Crippen molar-refractivity contribution in [2.75, 3.05) is 12.8 Å². The van der Waals surface area contributed by atoms with Crippen molar-refractivity contribution in [1.82, 2.24) is 4.98 Å². The zero-order valence-electron chi connectivity index (χ0n) is 16.4. The van der Waals surface area contributed by atoms with Crippen molar-refractivity contribution in [3.63, 3.8) is 0 Å². The maximum absolute atomic E-state index is 12.2. The van der Waals surface area contributed by atoms with Gasteiger partial charge in [-0.25, -0.2) is 0 Å². The van der Waals surface area contributed by atoms with Crippen molar-refractivity contribution in [2.45, 2.75) is 6.61 Å². The van der Waals surface area contributed by atoms with E-state index in [1.54, 1.807) is 6.07 Å². The highest BCUT2D eigenvalue weighted by Gasteiger charge is 2.26. The molecule has 5 N–H and O–H groups in total. The maximum atomic E-state index is 12.2. The first kappa shape index (κ1) is 21.5. The van der Waals surface area contributed by atoms with Gasteiger partial charge in [0.2, 0.25) is 0 Å². The summed E-state index contributed by atoms with van der Waals surface area (Å²) in [5, 5.41) is 38.9. The molecule has 1 aromatic heterocycles. The third kappa shape index (κ3) is 4.21. The molecule has 0 radical (unpaired) electrons. The molecule has 0 fully saturated rings. The van der Waals surface area contributed by atoms with Crippen LogP contribution in [0.3, 0.4) is 0 Å². The molecule has 3 aromatic rings. The number of aromatic amines is 1. The number of methoxy groups -OCH3 is 1. The minimum Gasteiger partial charge on any atom is -0.493 e. The first-order valence-electron chi connectivity index (χ1n) is 9.02. The minimum absolute atomic E-state index is 0.0407. The molecule has 31 heavy (non-hydrogen) atoms. The third-order valence-corrected chi connectivity index (χ3v) is 4.56. The lowest BCUT2D eigenvalue weighted by atomic mass is 9.77. The summed E-state index contributed by atoms with van der Waals surface area (Å²) in [4.78, 5) is 14.5. The number of rotatable bonds is 6. The Balaban J connectivity index is 2.22. The van der Waals surface area contributed by atoms with Gasteiger partial charge in [-0.3, -0.25) is 4.79 Å². The smallest absolute Gasteiger partial charge is 0.492 e. The molecule has 0 atom stereocenters. The SMILES string of the molecule is COc1cc(-c2c(C#N)c(N)[nH]c(=O)c2C#N)cc(B(O)O)c1OCc1ccccc1. The lowest BCUT2D eigenvalue weighted by Crippen LogP contribution is -2.32. The summed E-state index contributed by atoms with van der Waals surface area (Å²) in [7, 11) is -0.611. The standard InChI is InChI=1S/C21H17BN4O5/c1-30-17-8-13(18-14(9-23)20(25)26-21(27)15(18)10-24)7-16(22(28)29)19(17)31-11-12-5-3-2-4-6-12/h2-8,28-29H,11H2,1H3,(H3,25,26,27). The molecule has 0 saturated heterocycles. The molecule has 0 amide bonds. The van der Waals surface area contributed by atoms with Crippen LogP contribution >= 0.6 is 0 Å². The molecule has 0 bridgehead atoms. The fourth-order valence-corrected chi connectivity index (χ4v) is 3.13. The van der Waals surface area contributed by atoms with Crippen molar-refractivity contribution in [3.05, 3.63) is 69.5 Å². The fraction of sp³-hybridized carbons (Fsp3) is 0.0952. The number of nitriles is 2. The summed E-state index contributed by atoms with van der Waals surface area (Å²) in [6, 6.07) is 15.6. The summed E-state index contributed by atoms with van der Waals surface area (Å²) in [5.41, 5.74) is 5.41. The van der Waals surface area contributed by atoms with Gasteiger partial charge in [0, 0.05) is 11.0 Å². The number of benzene rings is 2. The van der Waals surface area contributed by atoms with Crippen molar-refractivity contribution in [2.24, 2.45) is 0 Å². The zero-order valence-corrected chi connectivity index (χ0v) is 16.4. The van der Waals surface area contributed by atoms with Crippen molar-refractivity contribution in [1.29, 1.82) is 10.5 Å². The number of nitrogens with one attached hydrogen (secondary N) is 1. The van der Waals surface area contributed by atoms with E-state index in [0.29, 0.717) is 0 Å². The van der Waals surface area contributed by atoms with Crippen LogP contribution in [0.1, 0.15) is 16.7 Å².